The first kappa shape index (κ1) is 24.7. The fraction of sp³-hybridized carbons (Fsp3) is 0.300. The average molecular weight is 469 g/mol. The molecule has 5 nitrogen and oxygen atoms in total. The van der Waals surface area contributed by atoms with Gasteiger partial charge in [-0.1, -0.05) is 85.4 Å². The minimum absolute atomic E-state index is 0.0486. The van der Waals surface area contributed by atoms with E-state index in [1.807, 2.05) is 29.2 Å². The number of hydrogen-bond donors (Lipinski definition) is 2. The zero-order valence-corrected chi connectivity index (χ0v) is 20.5. The molecule has 3 aromatic rings. The van der Waals surface area contributed by atoms with E-state index in [1.165, 1.54) is 11.1 Å². The van der Waals surface area contributed by atoms with E-state index < -0.39 is 0 Å². The molecule has 0 unspecified atom stereocenters. The van der Waals surface area contributed by atoms with Crippen molar-refractivity contribution in [1.82, 2.24) is 20.4 Å². The highest BCUT2D eigenvalue weighted by Crippen LogP contribution is 2.21. The van der Waals surface area contributed by atoms with Gasteiger partial charge in [0.15, 0.2) is 0 Å². The molecule has 0 bridgehead atoms. The summed E-state index contributed by atoms with van der Waals surface area (Å²) in [5, 5.41) is 6.52. The monoisotopic (exact) mass is 468 g/mol. The third kappa shape index (κ3) is 7.81. The van der Waals surface area contributed by atoms with Crippen molar-refractivity contribution in [3.63, 3.8) is 0 Å². The van der Waals surface area contributed by atoms with Crippen LogP contribution in [0.4, 0.5) is 4.79 Å². The first-order valence-corrected chi connectivity index (χ1v) is 12.5. The molecule has 1 aliphatic rings. The number of rotatable bonds is 10. The van der Waals surface area contributed by atoms with Gasteiger partial charge in [-0.3, -0.25) is 4.90 Å². The van der Waals surface area contributed by atoms with Crippen LogP contribution in [-0.4, -0.2) is 61.6 Å². The molecule has 0 spiro atoms. The van der Waals surface area contributed by atoms with E-state index in [-0.39, 0.29) is 6.03 Å². The molecule has 0 saturated carbocycles. The maximum Gasteiger partial charge on any atom is 0.318 e. The molecular formula is C30H36N4O. The molecule has 1 fully saturated rings. The number of nitrogens with one attached hydrogen (secondary N) is 2. The van der Waals surface area contributed by atoms with E-state index in [0.717, 1.165) is 55.8 Å². The van der Waals surface area contributed by atoms with Crippen molar-refractivity contribution in [2.45, 2.75) is 13.0 Å². The summed E-state index contributed by atoms with van der Waals surface area (Å²) < 4.78 is 0. The Labute approximate surface area is 209 Å². The lowest BCUT2D eigenvalue weighted by molar-refractivity contribution is 0.196. The summed E-state index contributed by atoms with van der Waals surface area (Å²) in [6.45, 7) is 10.9. The highest BCUT2D eigenvalue weighted by atomic mass is 16.2. The Hall–Kier alpha value is -3.41. The Morgan fingerprint density at radius 1 is 0.886 bits per heavy atom. The Balaban J connectivity index is 1.42. The van der Waals surface area contributed by atoms with Gasteiger partial charge in [0.1, 0.15) is 0 Å². The van der Waals surface area contributed by atoms with E-state index in [4.69, 9.17) is 0 Å². The van der Waals surface area contributed by atoms with Crippen molar-refractivity contribution in [1.29, 1.82) is 0 Å². The zero-order chi connectivity index (χ0) is 24.3. The van der Waals surface area contributed by atoms with Gasteiger partial charge in [-0.05, 0) is 40.3 Å². The predicted molar refractivity (Wildman–Crippen MR) is 144 cm³/mol. The quantitative estimate of drug-likeness (QED) is 0.429. The molecule has 4 rings (SSSR count). The van der Waals surface area contributed by atoms with Crippen LogP contribution in [0.3, 0.4) is 0 Å². The minimum Gasteiger partial charge on any atom is -0.338 e. The summed E-state index contributed by atoms with van der Waals surface area (Å²) in [5.41, 5.74) is 5.73. The maximum absolute atomic E-state index is 13.3. The van der Waals surface area contributed by atoms with E-state index in [0.29, 0.717) is 19.6 Å². The summed E-state index contributed by atoms with van der Waals surface area (Å²) in [6.07, 6.45) is 0.811. The molecule has 0 aliphatic carbocycles. The SMILES string of the molecule is C=C(CN1CCNCC1)CN(Cc1cccc(-c2ccccc2)c1)C(=O)NCCc1ccccc1. The number of amides is 2. The average Bonchev–Trinajstić information content (AvgIpc) is 2.90. The number of nitrogens with zero attached hydrogens (tertiary/aromatic N) is 2. The van der Waals surface area contributed by atoms with Gasteiger partial charge in [-0.2, -0.15) is 0 Å². The third-order valence-electron chi connectivity index (χ3n) is 6.30. The van der Waals surface area contributed by atoms with Crippen LogP contribution in [0.5, 0.6) is 0 Å². The van der Waals surface area contributed by atoms with Crippen LogP contribution in [0, 0.1) is 0 Å². The lowest BCUT2D eigenvalue weighted by atomic mass is 10.0. The highest BCUT2D eigenvalue weighted by Gasteiger charge is 2.17. The molecule has 1 heterocycles. The van der Waals surface area contributed by atoms with Crippen molar-refractivity contribution >= 4 is 6.03 Å². The molecular weight excluding hydrogens is 432 g/mol. The molecule has 1 aliphatic heterocycles. The first-order chi connectivity index (χ1) is 17.2. The lowest BCUT2D eigenvalue weighted by Crippen LogP contribution is -2.46. The number of benzene rings is 3. The Bertz CT molecular complexity index is 1080. The number of piperazine rings is 1. The molecule has 0 aromatic heterocycles. The van der Waals surface area contributed by atoms with Gasteiger partial charge >= 0.3 is 6.03 Å². The van der Waals surface area contributed by atoms with Crippen molar-refractivity contribution in [2.75, 3.05) is 45.8 Å². The van der Waals surface area contributed by atoms with Gasteiger partial charge in [-0.15, -0.1) is 0 Å². The second-order valence-electron chi connectivity index (χ2n) is 9.17. The van der Waals surface area contributed by atoms with E-state index in [2.05, 4.69) is 82.8 Å². The molecule has 0 atom stereocenters. The van der Waals surface area contributed by atoms with E-state index >= 15 is 0 Å². The van der Waals surface area contributed by atoms with Gasteiger partial charge in [-0.25, -0.2) is 4.79 Å². The zero-order valence-electron chi connectivity index (χ0n) is 20.5. The van der Waals surface area contributed by atoms with Crippen molar-refractivity contribution in [2.24, 2.45) is 0 Å². The summed E-state index contributed by atoms with van der Waals surface area (Å²) >= 11 is 0. The molecule has 0 radical (unpaired) electrons. The number of carbonyl (C=O) groups excluding carboxylic acids is 1. The van der Waals surface area contributed by atoms with Gasteiger partial charge < -0.3 is 15.5 Å². The smallest absolute Gasteiger partial charge is 0.318 e. The van der Waals surface area contributed by atoms with Crippen LogP contribution in [0.15, 0.2) is 97.1 Å². The summed E-state index contributed by atoms with van der Waals surface area (Å²) in [5.74, 6) is 0. The molecule has 2 amide bonds. The second kappa shape index (κ2) is 12.9. The van der Waals surface area contributed by atoms with Crippen LogP contribution in [0.1, 0.15) is 11.1 Å². The van der Waals surface area contributed by atoms with Crippen molar-refractivity contribution in [3.05, 3.63) is 108 Å². The maximum atomic E-state index is 13.3. The van der Waals surface area contributed by atoms with Crippen LogP contribution in [0.2, 0.25) is 0 Å². The normalized spacial score (nSPS) is 13.8. The summed E-state index contributed by atoms with van der Waals surface area (Å²) in [7, 11) is 0. The van der Waals surface area contributed by atoms with Gasteiger partial charge in [0.25, 0.3) is 0 Å². The molecule has 35 heavy (non-hydrogen) atoms. The fourth-order valence-corrected chi connectivity index (χ4v) is 4.48. The molecule has 5 heteroatoms. The standard InChI is InChI=1S/C30H36N4O/c1-25(22-33-19-17-31-18-20-33)23-34(30(35)32-16-15-26-9-4-2-5-10-26)24-27-11-8-14-29(21-27)28-12-6-3-7-13-28/h2-14,21,31H,1,15-20,22-24H2,(H,32,35). The molecule has 3 aromatic carbocycles. The second-order valence-corrected chi connectivity index (χ2v) is 9.17. The highest BCUT2D eigenvalue weighted by molar-refractivity contribution is 5.74. The Morgan fingerprint density at radius 3 is 2.29 bits per heavy atom. The minimum atomic E-state index is -0.0486. The fourth-order valence-electron chi connectivity index (χ4n) is 4.48. The number of hydrogen-bond acceptors (Lipinski definition) is 3. The number of carbonyl (C=O) groups is 1. The summed E-state index contributed by atoms with van der Waals surface area (Å²) in [4.78, 5) is 17.6. The Kier molecular flexibility index (Phi) is 9.10. The topological polar surface area (TPSA) is 47.6 Å². The largest absolute Gasteiger partial charge is 0.338 e. The van der Waals surface area contributed by atoms with Crippen molar-refractivity contribution < 1.29 is 4.79 Å². The van der Waals surface area contributed by atoms with E-state index in [9.17, 15) is 4.79 Å². The molecule has 182 valence electrons. The van der Waals surface area contributed by atoms with Crippen LogP contribution in [-0.2, 0) is 13.0 Å². The van der Waals surface area contributed by atoms with Crippen LogP contribution >= 0.6 is 0 Å². The van der Waals surface area contributed by atoms with Crippen LogP contribution in [0.25, 0.3) is 11.1 Å². The predicted octanol–water partition coefficient (Wildman–Crippen LogP) is 4.57. The first-order valence-electron chi connectivity index (χ1n) is 12.5. The Morgan fingerprint density at radius 2 is 1.54 bits per heavy atom. The van der Waals surface area contributed by atoms with Gasteiger partial charge in [0.2, 0.25) is 0 Å². The van der Waals surface area contributed by atoms with E-state index in [1.54, 1.807) is 0 Å². The van der Waals surface area contributed by atoms with Crippen molar-refractivity contribution in [3.8, 4) is 11.1 Å². The van der Waals surface area contributed by atoms with Gasteiger partial charge in [0, 0.05) is 52.4 Å². The third-order valence-corrected chi connectivity index (χ3v) is 6.30. The molecule has 2 N–H and O–H groups in total. The van der Waals surface area contributed by atoms with Crippen LogP contribution < -0.4 is 10.6 Å². The number of urea groups is 1. The summed E-state index contributed by atoms with van der Waals surface area (Å²) in [6, 6.07) is 29.0. The van der Waals surface area contributed by atoms with Gasteiger partial charge in [0.05, 0.1) is 0 Å². The lowest BCUT2D eigenvalue weighted by Gasteiger charge is -2.30. The molecule has 1 saturated heterocycles.